The van der Waals surface area contributed by atoms with Crippen LogP contribution >= 0.6 is 34.5 Å². The van der Waals surface area contributed by atoms with Crippen LogP contribution in [-0.4, -0.2) is 31.2 Å². The molecule has 2 aromatic carbocycles. The summed E-state index contributed by atoms with van der Waals surface area (Å²) in [6, 6.07) is 12.1. The number of benzene rings is 2. The number of nitrogens with zero attached hydrogens (tertiary/aromatic N) is 3. The molecule has 24 heavy (non-hydrogen) atoms. The number of hydrogen-bond donors (Lipinski definition) is 0. The average Bonchev–Trinajstić information content (AvgIpc) is 3.03. The Bertz CT molecular complexity index is 885. The van der Waals surface area contributed by atoms with E-state index in [1.54, 1.807) is 11.3 Å². The van der Waals surface area contributed by atoms with E-state index < -0.39 is 0 Å². The van der Waals surface area contributed by atoms with Crippen molar-refractivity contribution in [2.75, 3.05) is 36.0 Å². The Morgan fingerprint density at radius 3 is 2.50 bits per heavy atom. The maximum atomic E-state index is 6.22. The third kappa shape index (κ3) is 2.94. The Labute approximate surface area is 155 Å². The Morgan fingerprint density at radius 2 is 1.75 bits per heavy atom. The quantitative estimate of drug-likeness (QED) is 0.608. The lowest BCUT2D eigenvalue weighted by molar-refractivity contribution is 0.652. The van der Waals surface area contributed by atoms with E-state index in [1.165, 1.54) is 10.4 Å². The molecule has 4 rings (SSSR count). The molecule has 0 radical (unpaired) electrons. The molecule has 1 saturated heterocycles. The van der Waals surface area contributed by atoms with E-state index >= 15 is 0 Å². The minimum atomic E-state index is 0.783. The van der Waals surface area contributed by atoms with Crippen molar-refractivity contribution in [3.05, 3.63) is 52.0 Å². The first kappa shape index (κ1) is 16.0. The number of fused-ring (bicyclic) bond motifs is 1. The standard InChI is InChI=1S/C18H17Cl2N3S/c1-12-15(20)5-6-16-17(12)21-18(24-16)23-9-7-22(8-10-23)14-4-2-3-13(19)11-14/h2-6,11H,7-10H2,1H3. The maximum Gasteiger partial charge on any atom is 0.186 e. The van der Waals surface area contributed by atoms with E-state index in [9.17, 15) is 0 Å². The van der Waals surface area contributed by atoms with Crippen LogP contribution in [0.3, 0.4) is 0 Å². The van der Waals surface area contributed by atoms with Crippen LogP contribution < -0.4 is 9.80 Å². The summed E-state index contributed by atoms with van der Waals surface area (Å²) in [5, 5.41) is 2.65. The summed E-state index contributed by atoms with van der Waals surface area (Å²) in [5.74, 6) is 0. The highest BCUT2D eigenvalue weighted by atomic mass is 35.5. The highest BCUT2D eigenvalue weighted by molar-refractivity contribution is 7.22. The zero-order valence-corrected chi connectivity index (χ0v) is 15.6. The van der Waals surface area contributed by atoms with Crippen LogP contribution in [0.1, 0.15) is 5.56 Å². The van der Waals surface area contributed by atoms with Gasteiger partial charge in [0.1, 0.15) is 0 Å². The van der Waals surface area contributed by atoms with Gasteiger partial charge in [0.2, 0.25) is 0 Å². The van der Waals surface area contributed by atoms with Crippen molar-refractivity contribution in [1.29, 1.82) is 0 Å². The summed E-state index contributed by atoms with van der Waals surface area (Å²) in [5.41, 5.74) is 3.28. The smallest absolute Gasteiger partial charge is 0.186 e. The van der Waals surface area contributed by atoms with Crippen LogP contribution in [0.5, 0.6) is 0 Å². The van der Waals surface area contributed by atoms with E-state index in [4.69, 9.17) is 28.2 Å². The molecule has 2 heterocycles. The lowest BCUT2D eigenvalue weighted by atomic mass is 10.2. The van der Waals surface area contributed by atoms with E-state index in [2.05, 4.69) is 21.9 Å². The van der Waals surface area contributed by atoms with Crippen molar-refractivity contribution in [3.8, 4) is 0 Å². The van der Waals surface area contributed by atoms with Crippen molar-refractivity contribution in [2.24, 2.45) is 0 Å². The third-order valence-corrected chi connectivity index (χ3v) is 6.19. The topological polar surface area (TPSA) is 19.4 Å². The zero-order valence-electron chi connectivity index (χ0n) is 13.3. The minimum absolute atomic E-state index is 0.783. The molecule has 3 aromatic rings. The molecule has 1 fully saturated rings. The fourth-order valence-corrected chi connectivity index (χ4v) is 4.47. The van der Waals surface area contributed by atoms with Gasteiger partial charge in [-0.25, -0.2) is 4.98 Å². The molecule has 0 N–H and O–H groups in total. The number of halogens is 2. The fraction of sp³-hybridized carbons (Fsp3) is 0.278. The summed E-state index contributed by atoms with van der Waals surface area (Å²) in [6.45, 7) is 5.88. The zero-order chi connectivity index (χ0) is 16.7. The maximum absolute atomic E-state index is 6.22. The SMILES string of the molecule is Cc1c(Cl)ccc2sc(N3CCN(c4cccc(Cl)c4)CC3)nc12. The largest absolute Gasteiger partial charge is 0.368 e. The van der Waals surface area contributed by atoms with E-state index in [0.29, 0.717) is 0 Å². The predicted octanol–water partition coefficient (Wildman–Crippen LogP) is 5.24. The van der Waals surface area contributed by atoms with Gasteiger partial charge in [-0.2, -0.15) is 0 Å². The van der Waals surface area contributed by atoms with Gasteiger partial charge >= 0.3 is 0 Å². The predicted molar refractivity (Wildman–Crippen MR) is 105 cm³/mol. The van der Waals surface area contributed by atoms with Crippen molar-refractivity contribution < 1.29 is 0 Å². The monoisotopic (exact) mass is 377 g/mol. The number of piperazine rings is 1. The lowest BCUT2D eigenvalue weighted by Crippen LogP contribution is -2.46. The molecule has 0 atom stereocenters. The molecule has 0 saturated carbocycles. The molecule has 3 nitrogen and oxygen atoms in total. The second-order valence-electron chi connectivity index (χ2n) is 5.97. The molecule has 0 amide bonds. The molecule has 1 aliphatic heterocycles. The van der Waals surface area contributed by atoms with Gasteiger partial charge in [0.05, 0.1) is 10.2 Å². The first-order valence-corrected chi connectivity index (χ1v) is 9.50. The van der Waals surface area contributed by atoms with Crippen LogP contribution in [0.25, 0.3) is 10.2 Å². The molecule has 0 spiro atoms. The van der Waals surface area contributed by atoms with Gasteiger partial charge in [0.25, 0.3) is 0 Å². The molecule has 0 bridgehead atoms. The Balaban J connectivity index is 1.53. The van der Waals surface area contributed by atoms with E-state index in [0.717, 1.165) is 52.4 Å². The van der Waals surface area contributed by atoms with Crippen molar-refractivity contribution in [3.63, 3.8) is 0 Å². The lowest BCUT2D eigenvalue weighted by Gasteiger charge is -2.36. The average molecular weight is 378 g/mol. The molecule has 124 valence electrons. The second-order valence-corrected chi connectivity index (χ2v) is 7.82. The minimum Gasteiger partial charge on any atom is -0.368 e. The molecule has 0 aliphatic carbocycles. The number of rotatable bonds is 2. The summed E-state index contributed by atoms with van der Waals surface area (Å²) in [6.07, 6.45) is 0. The molecular weight excluding hydrogens is 361 g/mol. The van der Waals surface area contributed by atoms with Gasteiger partial charge in [0.15, 0.2) is 5.13 Å². The molecule has 6 heteroatoms. The van der Waals surface area contributed by atoms with Crippen molar-refractivity contribution in [2.45, 2.75) is 6.92 Å². The van der Waals surface area contributed by atoms with Crippen LogP contribution in [0.15, 0.2) is 36.4 Å². The Kier molecular flexibility index (Phi) is 4.29. The Hall–Kier alpha value is -1.49. The normalized spacial score (nSPS) is 15.3. The van der Waals surface area contributed by atoms with Gasteiger partial charge in [0, 0.05) is 41.9 Å². The summed E-state index contributed by atoms with van der Waals surface area (Å²) >= 11 is 14.1. The van der Waals surface area contributed by atoms with Gasteiger partial charge < -0.3 is 9.80 Å². The number of aryl methyl sites for hydroxylation is 1. The van der Waals surface area contributed by atoms with E-state index in [-0.39, 0.29) is 0 Å². The first-order chi connectivity index (χ1) is 11.6. The molecule has 0 unspecified atom stereocenters. The first-order valence-electron chi connectivity index (χ1n) is 7.93. The van der Waals surface area contributed by atoms with Crippen LogP contribution in [0.4, 0.5) is 10.8 Å². The third-order valence-electron chi connectivity index (χ3n) is 4.46. The highest BCUT2D eigenvalue weighted by Gasteiger charge is 2.20. The molecular formula is C18H17Cl2N3S. The number of anilines is 2. The summed E-state index contributed by atoms with van der Waals surface area (Å²) in [4.78, 5) is 9.56. The summed E-state index contributed by atoms with van der Waals surface area (Å²) in [7, 11) is 0. The Morgan fingerprint density at radius 1 is 1.00 bits per heavy atom. The van der Waals surface area contributed by atoms with Crippen LogP contribution in [0.2, 0.25) is 10.0 Å². The molecule has 1 aromatic heterocycles. The number of thiazole rings is 1. The fourth-order valence-electron chi connectivity index (χ4n) is 3.05. The van der Waals surface area contributed by atoms with Crippen molar-refractivity contribution >= 4 is 55.6 Å². The van der Waals surface area contributed by atoms with Crippen molar-refractivity contribution in [1.82, 2.24) is 4.98 Å². The second kappa shape index (κ2) is 6.43. The molecule has 1 aliphatic rings. The van der Waals surface area contributed by atoms with Crippen LogP contribution in [0, 0.1) is 6.92 Å². The number of aromatic nitrogens is 1. The summed E-state index contributed by atoms with van der Waals surface area (Å²) < 4.78 is 1.20. The number of hydrogen-bond acceptors (Lipinski definition) is 4. The van der Waals surface area contributed by atoms with Gasteiger partial charge in [-0.1, -0.05) is 40.6 Å². The highest BCUT2D eigenvalue weighted by Crippen LogP contribution is 2.34. The van der Waals surface area contributed by atoms with E-state index in [1.807, 2.05) is 31.2 Å². The van der Waals surface area contributed by atoms with Crippen LogP contribution in [-0.2, 0) is 0 Å². The van der Waals surface area contributed by atoms with Gasteiger partial charge in [-0.05, 0) is 42.8 Å². The van der Waals surface area contributed by atoms with Gasteiger partial charge in [-0.15, -0.1) is 0 Å². The van der Waals surface area contributed by atoms with Gasteiger partial charge in [-0.3, -0.25) is 0 Å².